The highest BCUT2D eigenvalue weighted by atomic mass is 16.5. The van der Waals surface area contributed by atoms with E-state index in [9.17, 15) is 14.4 Å². The number of carbonyl (C=O) groups excluding carboxylic acids is 3. The zero-order chi connectivity index (χ0) is 18.2. The molecule has 0 bridgehead atoms. The van der Waals surface area contributed by atoms with Gasteiger partial charge in [0.05, 0.1) is 13.5 Å². The third-order valence-corrected chi connectivity index (χ3v) is 3.53. The summed E-state index contributed by atoms with van der Waals surface area (Å²) in [5, 5.41) is 2.69. The molecule has 0 saturated carbocycles. The van der Waals surface area contributed by atoms with Crippen molar-refractivity contribution < 1.29 is 19.1 Å². The number of amides is 1. The number of aryl methyl sites for hydroxylation is 1. The summed E-state index contributed by atoms with van der Waals surface area (Å²) >= 11 is 0. The molecule has 0 spiro atoms. The fraction of sp³-hybridized carbons (Fsp3) is 0.150. The Morgan fingerprint density at radius 3 is 2.24 bits per heavy atom. The maximum Gasteiger partial charge on any atom is 0.310 e. The van der Waals surface area contributed by atoms with Gasteiger partial charge in [-0.05, 0) is 25.1 Å². The molecule has 2 aromatic rings. The van der Waals surface area contributed by atoms with Crippen molar-refractivity contribution in [2.24, 2.45) is 0 Å². The molecule has 0 aliphatic carbocycles. The van der Waals surface area contributed by atoms with E-state index in [1.165, 1.54) is 13.2 Å². The molecule has 5 heteroatoms. The van der Waals surface area contributed by atoms with Crippen LogP contribution in [0.5, 0.6) is 0 Å². The maximum atomic E-state index is 12.5. The predicted octanol–water partition coefficient (Wildman–Crippen LogP) is 3.31. The Balaban J connectivity index is 2.23. The number of hydrogen-bond donors (Lipinski definition) is 1. The molecular formula is C20H19NO4. The monoisotopic (exact) mass is 337 g/mol. The molecule has 1 amide bonds. The van der Waals surface area contributed by atoms with E-state index < -0.39 is 11.9 Å². The number of ketones is 1. The fourth-order valence-electron chi connectivity index (χ4n) is 2.12. The summed E-state index contributed by atoms with van der Waals surface area (Å²) in [5.41, 5.74) is 2.12. The highest BCUT2D eigenvalue weighted by molar-refractivity contribution is 6.13. The van der Waals surface area contributed by atoms with Crippen LogP contribution < -0.4 is 5.32 Å². The van der Waals surface area contributed by atoms with Crippen molar-refractivity contribution in [1.82, 2.24) is 0 Å². The van der Waals surface area contributed by atoms with Crippen LogP contribution in [0.15, 0.2) is 66.2 Å². The molecule has 0 aliphatic rings. The summed E-state index contributed by atoms with van der Waals surface area (Å²) < 4.78 is 4.61. The normalized spacial score (nSPS) is 10.9. The van der Waals surface area contributed by atoms with E-state index >= 15 is 0 Å². The molecule has 128 valence electrons. The smallest absolute Gasteiger partial charge is 0.310 e. The number of anilines is 1. The maximum absolute atomic E-state index is 12.5. The number of hydrogen-bond acceptors (Lipinski definition) is 4. The van der Waals surface area contributed by atoms with Crippen LogP contribution in [0.3, 0.4) is 0 Å². The lowest BCUT2D eigenvalue weighted by atomic mass is 10.1. The van der Waals surface area contributed by atoms with Gasteiger partial charge >= 0.3 is 5.97 Å². The lowest BCUT2D eigenvalue weighted by Crippen LogP contribution is -2.18. The quantitative estimate of drug-likeness (QED) is 0.499. The minimum absolute atomic E-state index is 0.0429. The van der Waals surface area contributed by atoms with Gasteiger partial charge in [-0.15, -0.1) is 0 Å². The Morgan fingerprint density at radius 2 is 1.64 bits per heavy atom. The Labute approximate surface area is 146 Å². The molecule has 0 aromatic heterocycles. The first kappa shape index (κ1) is 18.1. The Hall–Kier alpha value is -3.21. The third-order valence-electron chi connectivity index (χ3n) is 3.53. The van der Waals surface area contributed by atoms with E-state index in [1.807, 2.05) is 19.1 Å². The molecule has 2 rings (SSSR count). The summed E-state index contributed by atoms with van der Waals surface area (Å²) in [5.74, 6) is -1.46. The second kappa shape index (κ2) is 8.59. The first-order valence-electron chi connectivity index (χ1n) is 7.74. The highest BCUT2D eigenvalue weighted by Gasteiger charge is 2.17. The van der Waals surface area contributed by atoms with Crippen LogP contribution in [0.1, 0.15) is 22.3 Å². The van der Waals surface area contributed by atoms with Crippen molar-refractivity contribution in [3.8, 4) is 0 Å². The first-order valence-corrected chi connectivity index (χ1v) is 7.74. The number of methoxy groups -OCH3 is 1. The summed E-state index contributed by atoms with van der Waals surface area (Å²) in [6.45, 7) is 1.94. The Morgan fingerprint density at radius 1 is 1.00 bits per heavy atom. The van der Waals surface area contributed by atoms with Crippen molar-refractivity contribution in [2.45, 2.75) is 13.3 Å². The minimum atomic E-state index is -0.592. The van der Waals surface area contributed by atoms with E-state index in [2.05, 4.69) is 10.1 Å². The second-order valence-electron chi connectivity index (χ2n) is 5.47. The molecule has 1 N–H and O–H groups in total. The number of benzene rings is 2. The van der Waals surface area contributed by atoms with E-state index in [0.29, 0.717) is 11.3 Å². The van der Waals surface area contributed by atoms with Crippen molar-refractivity contribution in [3.63, 3.8) is 0 Å². The van der Waals surface area contributed by atoms with Crippen molar-refractivity contribution in [1.29, 1.82) is 0 Å². The van der Waals surface area contributed by atoms with Crippen molar-refractivity contribution >= 4 is 23.3 Å². The zero-order valence-corrected chi connectivity index (χ0v) is 14.1. The Kier molecular flexibility index (Phi) is 6.23. The number of rotatable bonds is 6. The number of ether oxygens (including phenoxy) is 1. The molecule has 2 aromatic carbocycles. The van der Waals surface area contributed by atoms with Crippen LogP contribution >= 0.6 is 0 Å². The van der Waals surface area contributed by atoms with Crippen LogP contribution in [-0.4, -0.2) is 24.8 Å². The predicted molar refractivity (Wildman–Crippen MR) is 95.3 cm³/mol. The SMILES string of the molecule is COC(=O)C/C(=C/C(=O)c1ccccc1)C(=O)Nc1ccc(C)cc1. The van der Waals surface area contributed by atoms with E-state index in [1.54, 1.807) is 42.5 Å². The van der Waals surface area contributed by atoms with Gasteiger partial charge in [0, 0.05) is 16.8 Å². The number of nitrogens with one attached hydrogen (secondary N) is 1. The molecule has 0 atom stereocenters. The largest absolute Gasteiger partial charge is 0.469 e. The van der Waals surface area contributed by atoms with E-state index in [0.717, 1.165) is 5.56 Å². The average Bonchev–Trinajstić information content (AvgIpc) is 2.63. The second-order valence-corrected chi connectivity index (χ2v) is 5.47. The van der Waals surface area contributed by atoms with Crippen molar-refractivity contribution in [2.75, 3.05) is 12.4 Å². The third kappa shape index (κ3) is 5.42. The molecular weight excluding hydrogens is 318 g/mol. The molecule has 25 heavy (non-hydrogen) atoms. The molecule has 5 nitrogen and oxygen atoms in total. The van der Waals surface area contributed by atoms with Gasteiger partial charge in [-0.2, -0.15) is 0 Å². The molecule has 0 radical (unpaired) electrons. The van der Waals surface area contributed by atoms with Crippen LogP contribution in [0.4, 0.5) is 5.69 Å². The summed E-state index contributed by atoms with van der Waals surface area (Å²) in [6, 6.07) is 15.8. The molecule has 0 heterocycles. The van der Waals surface area contributed by atoms with Gasteiger partial charge in [0.15, 0.2) is 5.78 Å². The van der Waals surface area contributed by atoms with Crippen LogP contribution in [-0.2, 0) is 14.3 Å². The summed E-state index contributed by atoms with van der Waals surface area (Å²) in [7, 11) is 1.23. The summed E-state index contributed by atoms with van der Waals surface area (Å²) in [4.78, 5) is 36.4. The molecule has 0 aliphatic heterocycles. The van der Waals surface area contributed by atoms with Crippen LogP contribution in [0.25, 0.3) is 0 Å². The fourth-order valence-corrected chi connectivity index (χ4v) is 2.12. The van der Waals surface area contributed by atoms with Gasteiger partial charge in [0.1, 0.15) is 0 Å². The lowest BCUT2D eigenvalue weighted by molar-refractivity contribution is -0.140. The molecule has 0 saturated heterocycles. The van der Waals surface area contributed by atoms with E-state index in [-0.39, 0.29) is 17.8 Å². The summed E-state index contributed by atoms with van der Waals surface area (Å²) in [6.07, 6.45) is 0.891. The van der Waals surface area contributed by atoms with Gasteiger partial charge in [0.2, 0.25) is 0 Å². The average molecular weight is 337 g/mol. The first-order chi connectivity index (χ1) is 12.0. The van der Waals surface area contributed by atoms with Crippen molar-refractivity contribution in [3.05, 3.63) is 77.4 Å². The number of esters is 1. The van der Waals surface area contributed by atoms with Gasteiger partial charge in [0.25, 0.3) is 5.91 Å². The van der Waals surface area contributed by atoms with Gasteiger partial charge in [-0.25, -0.2) is 0 Å². The molecule has 0 fully saturated rings. The number of allylic oxidation sites excluding steroid dienone is 1. The van der Waals surface area contributed by atoms with Gasteiger partial charge in [-0.1, -0.05) is 48.0 Å². The van der Waals surface area contributed by atoms with Crippen LogP contribution in [0, 0.1) is 6.92 Å². The standard InChI is InChI=1S/C20H19NO4/c1-14-8-10-17(11-9-14)21-20(24)16(13-19(23)25-2)12-18(22)15-6-4-3-5-7-15/h3-12H,13H2,1-2H3,(H,21,24)/b16-12-. The highest BCUT2D eigenvalue weighted by Crippen LogP contribution is 2.13. The Bertz CT molecular complexity index is 792. The topological polar surface area (TPSA) is 72.5 Å². The van der Waals surface area contributed by atoms with Gasteiger partial charge < -0.3 is 10.1 Å². The van der Waals surface area contributed by atoms with Gasteiger partial charge in [-0.3, -0.25) is 14.4 Å². The lowest BCUT2D eigenvalue weighted by Gasteiger charge is -2.09. The van der Waals surface area contributed by atoms with E-state index in [4.69, 9.17) is 0 Å². The minimum Gasteiger partial charge on any atom is -0.469 e. The zero-order valence-electron chi connectivity index (χ0n) is 14.1. The molecule has 0 unspecified atom stereocenters. The number of carbonyl (C=O) groups is 3. The van der Waals surface area contributed by atoms with Crippen LogP contribution in [0.2, 0.25) is 0 Å².